The van der Waals surface area contributed by atoms with E-state index in [0.717, 1.165) is 12.8 Å². The molecule has 0 spiro atoms. The molecule has 0 amide bonds. The van der Waals surface area contributed by atoms with Crippen LogP contribution in [0.5, 0.6) is 0 Å². The van der Waals surface area contributed by atoms with Gasteiger partial charge in [0.15, 0.2) is 6.10 Å². The molecule has 2 N–H and O–H groups in total. The van der Waals surface area contributed by atoms with Crippen LogP contribution in [0.1, 0.15) is 45.4 Å². The first-order valence-electron chi connectivity index (χ1n) is 8.83. The Labute approximate surface area is 151 Å². The first-order valence-corrected chi connectivity index (χ1v) is 8.83. The predicted octanol–water partition coefficient (Wildman–Crippen LogP) is 2.52. The number of aliphatic hydroxyl groups excluding tert-OH is 1. The van der Waals surface area contributed by atoms with E-state index in [2.05, 4.69) is 19.1 Å². The highest BCUT2D eigenvalue weighted by Gasteiger charge is 2.25. The molecule has 144 valence electrons. The van der Waals surface area contributed by atoms with Crippen LogP contribution in [0.3, 0.4) is 0 Å². The molecule has 0 heterocycles. The molecule has 0 rings (SSSR count). The van der Waals surface area contributed by atoms with Crippen LogP contribution in [0.4, 0.5) is 0 Å². The van der Waals surface area contributed by atoms with Crippen molar-refractivity contribution < 1.29 is 29.0 Å². The highest BCUT2D eigenvalue weighted by atomic mass is 16.5. The van der Waals surface area contributed by atoms with E-state index in [9.17, 15) is 14.7 Å². The van der Waals surface area contributed by atoms with Gasteiger partial charge in [-0.3, -0.25) is 9.59 Å². The molecule has 2 atom stereocenters. The first-order chi connectivity index (χ1) is 11.6. The maximum Gasteiger partial charge on any atom is 0.308 e. The molecule has 0 radical (unpaired) electrons. The van der Waals surface area contributed by atoms with Gasteiger partial charge in [-0.1, -0.05) is 31.2 Å². The number of nitrogens with zero attached hydrogens (tertiary/aromatic N) is 1. The van der Waals surface area contributed by atoms with Crippen LogP contribution in [-0.2, 0) is 14.3 Å². The molecule has 6 heteroatoms. The number of hydrogen-bond acceptors (Lipinski definition) is 4. The molecule has 0 saturated heterocycles. The van der Waals surface area contributed by atoms with E-state index in [4.69, 9.17) is 9.84 Å². The Hall–Kier alpha value is -1.66. The lowest BCUT2D eigenvalue weighted by Gasteiger charge is -2.28. The fraction of sp³-hybridized carbons (Fsp3) is 0.684. The van der Waals surface area contributed by atoms with Gasteiger partial charge in [0, 0.05) is 0 Å². The zero-order chi connectivity index (χ0) is 19.3. The SMILES string of the molecule is CC/C=C/C/C=C/CCC(O)CC(=O)OC(CC(=O)O)C[N+](C)(C)C. The van der Waals surface area contributed by atoms with E-state index in [1.165, 1.54) is 0 Å². The summed E-state index contributed by atoms with van der Waals surface area (Å²) < 4.78 is 5.75. The van der Waals surface area contributed by atoms with Crippen molar-refractivity contribution in [3.05, 3.63) is 24.3 Å². The number of esters is 1. The van der Waals surface area contributed by atoms with Crippen molar-refractivity contribution in [1.82, 2.24) is 0 Å². The molecule has 0 aliphatic carbocycles. The summed E-state index contributed by atoms with van der Waals surface area (Å²) in [4.78, 5) is 22.8. The van der Waals surface area contributed by atoms with Gasteiger partial charge in [0.05, 0.1) is 40.1 Å². The average molecular weight is 356 g/mol. The summed E-state index contributed by atoms with van der Waals surface area (Å²) >= 11 is 0. The van der Waals surface area contributed by atoms with E-state index in [-0.39, 0.29) is 12.8 Å². The topological polar surface area (TPSA) is 83.8 Å². The van der Waals surface area contributed by atoms with Gasteiger partial charge in [0.25, 0.3) is 0 Å². The molecule has 0 saturated carbocycles. The van der Waals surface area contributed by atoms with Gasteiger partial charge in [-0.25, -0.2) is 0 Å². The molecule has 0 bridgehead atoms. The lowest BCUT2D eigenvalue weighted by Crippen LogP contribution is -2.44. The Bertz CT molecular complexity index is 451. The van der Waals surface area contributed by atoms with E-state index in [0.29, 0.717) is 23.9 Å². The van der Waals surface area contributed by atoms with Crippen LogP contribution in [0.2, 0.25) is 0 Å². The number of carboxylic acids is 1. The largest absolute Gasteiger partial charge is 0.481 e. The summed E-state index contributed by atoms with van der Waals surface area (Å²) in [5.74, 6) is -1.56. The minimum absolute atomic E-state index is 0.114. The second kappa shape index (κ2) is 12.7. The summed E-state index contributed by atoms with van der Waals surface area (Å²) in [6.45, 7) is 2.49. The number of likely N-dealkylation sites (N-methyl/N-ethyl adjacent to an activating group) is 1. The molecular formula is C19H34NO5+. The molecule has 0 aliphatic heterocycles. The zero-order valence-corrected chi connectivity index (χ0v) is 16.0. The molecule has 25 heavy (non-hydrogen) atoms. The number of aliphatic hydroxyl groups is 1. The van der Waals surface area contributed by atoms with Crippen molar-refractivity contribution in [2.24, 2.45) is 0 Å². The van der Waals surface area contributed by atoms with Crippen molar-refractivity contribution in [3.63, 3.8) is 0 Å². The second-order valence-electron chi connectivity index (χ2n) is 7.20. The van der Waals surface area contributed by atoms with Crippen LogP contribution < -0.4 is 0 Å². The number of carbonyl (C=O) groups excluding carboxylic acids is 1. The predicted molar refractivity (Wildman–Crippen MR) is 98.1 cm³/mol. The summed E-state index contributed by atoms with van der Waals surface area (Å²) in [5.41, 5.74) is 0. The van der Waals surface area contributed by atoms with Gasteiger partial charge < -0.3 is 19.4 Å². The highest BCUT2D eigenvalue weighted by molar-refractivity contribution is 5.71. The number of allylic oxidation sites excluding steroid dienone is 4. The Kier molecular flexibility index (Phi) is 11.8. The number of carboxylic acid groups (broad SMARTS) is 1. The number of hydrogen-bond donors (Lipinski definition) is 2. The number of rotatable bonds is 13. The Balaban J connectivity index is 4.22. The lowest BCUT2D eigenvalue weighted by atomic mass is 10.1. The van der Waals surface area contributed by atoms with Crippen LogP contribution in [-0.4, -0.2) is 66.5 Å². The molecule has 2 unspecified atom stereocenters. The van der Waals surface area contributed by atoms with Crippen LogP contribution >= 0.6 is 0 Å². The maximum absolute atomic E-state index is 11.9. The summed E-state index contributed by atoms with van der Waals surface area (Å²) in [7, 11) is 5.71. The highest BCUT2D eigenvalue weighted by Crippen LogP contribution is 2.10. The van der Waals surface area contributed by atoms with Crippen molar-refractivity contribution >= 4 is 11.9 Å². The quantitative estimate of drug-likeness (QED) is 0.301. The average Bonchev–Trinajstić information content (AvgIpc) is 2.43. The maximum atomic E-state index is 11.9. The van der Waals surface area contributed by atoms with Gasteiger partial charge in [0.2, 0.25) is 0 Å². The molecule has 0 aromatic rings. The van der Waals surface area contributed by atoms with Crippen molar-refractivity contribution in [2.75, 3.05) is 27.7 Å². The number of carbonyl (C=O) groups is 2. The van der Waals surface area contributed by atoms with E-state index < -0.39 is 24.1 Å². The molecule has 6 nitrogen and oxygen atoms in total. The Morgan fingerprint density at radius 3 is 2.28 bits per heavy atom. The third-order valence-corrected chi connectivity index (χ3v) is 3.36. The molecular weight excluding hydrogens is 322 g/mol. The minimum Gasteiger partial charge on any atom is -0.481 e. The fourth-order valence-corrected chi connectivity index (χ4v) is 2.32. The van der Waals surface area contributed by atoms with Crippen molar-refractivity contribution in [3.8, 4) is 0 Å². The number of aliphatic carboxylic acids is 1. The second-order valence-corrected chi connectivity index (χ2v) is 7.20. The van der Waals surface area contributed by atoms with Crippen LogP contribution in [0.25, 0.3) is 0 Å². The third kappa shape index (κ3) is 15.6. The molecule has 0 aromatic carbocycles. The standard InChI is InChI=1S/C19H33NO5/c1-5-6-7-8-9-10-11-12-16(21)13-19(24)25-17(14-18(22)23)15-20(2,3)4/h6-7,9-10,16-17,21H,5,8,11-15H2,1-4H3/p+1/b7-6+,10-9+. The van der Waals surface area contributed by atoms with E-state index >= 15 is 0 Å². The molecule has 0 aliphatic rings. The number of ether oxygens (including phenoxy) is 1. The van der Waals surface area contributed by atoms with Gasteiger partial charge >= 0.3 is 11.9 Å². The molecule has 0 aromatic heterocycles. The Morgan fingerprint density at radius 2 is 1.72 bits per heavy atom. The van der Waals surface area contributed by atoms with Crippen molar-refractivity contribution in [1.29, 1.82) is 0 Å². The lowest BCUT2D eigenvalue weighted by molar-refractivity contribution is -0.873. The van der Waals surface area contributed by atoms with E-state index in [1.54, 1.807) is 0 Å². The van der Waals surface area contributed by atoms with Crippen LogP contribution in [0, 0.1) is 0 Å². The van der Waals surface area contributed by atoms with Gasteiger partial charge in [0.1, 0.15) is 6.54 Å². The summed E-state index contributed by atoms with van der Waals surface area (Å²) in [6.07, 6.45) is 9.43. The normalized spacial score (nSPS) is 14.8. The zero-order valence-electron chi connectivity index (χ0n) is 16.0. The van der Waals surface area contributed by atoms with Crippen LogP contribution in [0.15, 0.2) is 24.3 Å². The summed E-state index contributed by atoms with van der Waals surface area (Å²) in [6, 6.07) is 0. The van der Waals surface area contributed by atoms with Gasteiger partial charge in [-0.15, -0.1) is 0 Å². The monoisotopic (exact) mass is 356 g/mol. The third-order valence-electron chi connectivity index (χ3n) is 3.36. The molecule has 0 fully saturated rings. The van der Waals surface area contributed by atoms with E-state index in [1.807, 2.05) is 33.3 Å². The summed E-state index contributed by atoms with van der Waals surface area (Å²) in [5, 5.41) is 18.9. The van der Waals surface area contributed by atoms with Gasteiger partial charge in [-0.05, 0) is 25.7 Å². The number of quaternary nitrogens is 1. The first kappa shape index (κ1) is 23.3. The minimum atomic E-state index is -1.01. The smallest absolute Gasteiger partial charge is 0.308 e. The fourth-order valence-electron chi connectivity index (χ4n) is 2.32. The van der Waals surface area contributed by atoms with Gasteiger partial charge in [-0.2, -0.15) is 0 Å². The Morgan fingerprint density at radius 1 is 1.08 bits per heavy atom. The van der Waals surface area contributed by atoms with Crippen molar-refractivity contribution in [2.45, 2.75) is 57.7 Å².